The van der Waals surface area contributed by atoms with E-state index in [-0.39, 0.29) is 20.0 Å². The lowest BCUT2D eigenvalue weighted by molar-refractivity contribution is -0.254. The van der Waals surface area contributed by atoms with Gasteiger partial charge in [-0.3, -0.25) is 0 Å². The van der Waals surface area contributed by atoms with E-state index in [2.05, 4.69) is 0 Å². The lowest BCUT2D eigenvalue weighted by Crippen LogP contribution is -2.58. The van der Waals surface area contributed by atoms with E-state index < -0.39 is 42.5 Å². The summed E-state index contributed by atoms with van der Waals surface area (Å²) in [5.41, 5.74) is 2.38. The highest BCUT2D eigenvalue weighted by Crippen LogP contribution is 2.47. The summed E-state index contributed by atoms with van der Waals surface area (Å²) in [5.74, 6) is 0.164. The van der Waals surface area contributed by atoms with Crippen LogP contribution in [0.4, 0.5) is 0 Å². The van der Waals surface area contributed by atoms with E-state index in [0.717, 1.165) is 10.9 Å². The molecule has 2 N–H and O–H groups in total. The Balaban J connectivity index is 1.35. The van der Waals surface area contributed by atoms with Gasteiger partial charge >= 0.3 is 5.97 Å². The van der Waals surface area contributed by atoms with Crippen LogP contribution in [0.25, 0.3) is 21.9 Å². The zero-order chi connectivity index (χ0) is 26.2. The van der Waals surface area contributed by atoms with E-state index >= 15 is 0 Å². The number of benzene rings is 3. The first kappa shape index (κ1) is 23.7. The topological polar surface area (TPSA) is 122 Å². The van der Waals surface area contributed by atoms with Crippen molar-refractivity contribution in [1.82, 2.24) is 0 Å². The van der Waals surface area contributed by atoms with Gasteiger partial charge in [-0.25, -0.2) is 4.79 Å². The Morgan fingerprint density at radius 3 is 2.55 bits per heavy atom. The van der Waals surface area contributed by atoms with Crippen molar-refractivity contribution in [3.05, 3.63) is 53.6 Å². The molecule has 10 nitrogen and oxygen atoms in total. The van der Waals surface area contributed by atoms with Crippen LogP contribution in [0.15, 0.2) is 42.5 Å². The van der Waals surface area contributed by atoms with E-state index in [1.807, 2.05) is 42.5 Å². The molecule has 0 aliphatic carbocycles. The minimum atomic E-state index is -1.22. The van der Waals surface area contributed by atoms with Gasteiger partial charge in [-0.15, -0.1) is 0 Å². The molecular formula is C28H26O10. The maximum atomic E-state index is 13.1. The van der Waals surface area contributed by atoms with E-state index in [1.54, 1.807) is 13.8 Å². The highest BCUT2D eigenvalue weighted by molar-refractivity contribution is 6.13. The smallest absolute Gasteiger partial charge is 0.339 e. The molecule has 3 aromatic carbocycles. The number of ether oxygens (including phenoxy) is 7. The first-order valence-corrected chi connectivity index (χ1v) is 12.5. The molecule has 0 aromatic heterocycles. The molecule has 0 saturated carbocycles. The number of aliphatic hydroxyl groups is 2. The van der Waals surface area contributed by atoms with Crippen LogP contribution in [0.1, 0.15) is 29.8 Å². The number of hydrogen-bond donors (Lipinski definition) is 2. The van der Waals surface area contributed by atoms with Crippen molar-refractivity contribution >= 4 is 16.7 Å². The van der Waals surface area contributed by atoms with Crippen molar-refractivity contribution in [2.24, 2.45) is 0 Å². The Hall–Kier alpha value is -3.41. The van der Waals surface area contributed by atoms with Crippen LogP contribution in [-0.4, -0.2) is 66.1 Å². The van der Waals surface area contributed by atoms with Gasteiger partial charge in [0, 0.05) is 16.5 Å². The second kappa shape index (κ2) is 8.55. The number of hydrogen-bond acceptors (Lipinski definition) is 10. The zero-order valence-corrected chi connectivity index (χ0v) is 20.7. The fraction of sp³-hybridized carbons (Fsp3) is 0.393. The second-order valence-corrected chi connectivity index (χ2v) is 10.1. The molecule has 7 rings (SSSR count). The summed E-state index contributed by atoms with van der Waals surface area (Å²) in [4.78, 5) is 13.1. The second-order valence-electron chi connectivity index (χ2n) is 10.1. The van der Waals surface area contributed by atoms with Crippen LogP contribution in [0.5, 0.6) is 17.2 Å². The largest absolute Gasteiger partial charge is 0.461 e. The van der Waals surface area contributed by atoms with Crippen molar-refractivity contribution < 1.29 is 48.2 Å². The summed E-state index contributed by atoms with van der Waals surface area (Å²) in [6, 6.07) is 13.0. The predicted octanol–water partition coefficient (Wildman–Crippen LogP) is 2.88. The van der Waals surface area contributed by atoms with Gasteiger partial charge < -0.3 is 43.4 Å². The summed E-state index contributed by atoms with van der Waals surface area (Å²) in [5, 5.41) is 22.6. The predicted molar refractivity (Wildman–Crippen MR) is 131 cm³/mol. The fourth-order valence-corrected chi connectivity index (χ4v) is 5.73. The van der Waals surface area contributed by atoms with Crippen LogP contribution in [0.2, 0.25) is 0 Å². The Morgan fingerprint density at radius 1 is 0.974 bits per heavy atom. The highest BCUT2D eigenvalue weighted by Gasteiger charge is 2.55. The average Bonchev–Trinajstić information content (AvgIpc) is 3.62. The van der Waals surface area contributed by atoms with Crippen molar-refractivity contribution in [1.29, 1.82) is 0 Å². The van der Waals surface area contributed by atoms with Gasteiger partial charge in [-0.2, -0.15) is 0 Å². The number of carbonyl (C=O) groups is 1. The third-order valence-electron chi connectivity index (χ3n) is 7.35. The van der Waals surface area contributed by atoms with Gasteiger partial charge in [0.2, 0.25) is 13.1 Å². The third-order valence-corrected chi connectivity index (χ3v) is 7.35. The van der Waals surface area contributed by atoms with Gasteiger partial charge in [0.1, 0.15) is 36.8 Å². The summed E-state index contributed by atoms with van der Waals surface area (Å²) >= 11 is 0. The van der Waals surface area contributed by atoms with Crippen LogP contribution in [-0.2, 0) is 25.6 Å². The summed E-state index contributed by atoms with van der Waals surface area (Å²) < 4.78 is 40.6. The maximum absolute atomic E-state index is 13.1. The molecule has 2 saturated heterocycles. The van der Waals surface area contributed by atoms with E-state index in [4.69, 9.17) is 33.2 Å². The Kier molecular flexibility index (Phi) is 5.33. The standard InChI is InChI=1S/C28H26O10/c1-28(2)37-24-19(10-29)35-27(22(30)25(24)38-28)36-23-15-6-4-3-5-14(15)20(21-16(23)11-32-26(21)31)13-7-8-17-18(9-13)34-12-33-17/h3-9,19,22,24-25,27,29-30H,10-12H2,1-2H3. The minimum absolute atomic E-state index is 0.00315. The molecule has 2 fully saturated rings. The molecule has 0 spiro atoms. The van der Waals surface area contributed by atoms with Crippen LogP contribution in [0, 0.1) is 0 Å². The Bertz CT molecular complexity index is 1450. The maximum Gasteiger partial charge on any atom is 0.339 e. The number of fused-ring (bicyclic) bond motifs is 4. The van der Waals surface area contributed by atoms with Gasteiger partial charge in [0.15, 0.2) is 17.3 Å². The monoisotopic (exact) mass is 522 g/mol. The molecule has 10 heteroatoms. The van der Waals surface area contributed by atoms with Crippen LogP contribution < -0.4 is 14.2 Å². The molecule has 0 radical (unpaired) electrons. The normalized spacial score (nSPS) is 28.7. The molecule has 4 aliphatic heterocycles. The van der Waals surface area contributed by atoms with Gasteiger partial charge in [-0.05, 0) is 36.9 Å². The number of cyclic esters (lactones) is 1. The van der Waals surface area contributed by atoms with Crippen molar-refractivity contribution in [2.45, 2.75) is 56.9 Å². The molecule has 0 bridgehead atoms. The first-order chi connectivity index (χ1) is 18.3. The van der Waals surface area contributed by atoms with Crippen LogP contribution in [0.3, 0.4) is 0 Å². The SMILES string of the molecule is CC1(C)OC2C(CO)OC(Oc3c4c(c(-c5ccc6c(c5)OCO6)c5ccccc35)C(=O)OC4)C(O)C2O1. The third kappa shape index (κ3) is 3.56. The highest BCUT2D eigenvalue weighted by atomic mass is 16.8. The summed E-state index contributed by atoms with van der Waals surface area (Å²) in [7, 11) is 0. The van der Waals surface area contributed by atoms with Gasteiger partial charge in [-0.1, -0.05) is 30.3 Å². The van der Waals surface area contributed by atoms with Gasteiger partial charge in [0.05, 0.1) is 12.2 Å². The molecular weight excluding hydrogens is 496 g/mol. The number of carbonyl (C=O) groups excluding carboxylic acids is 1. The molecule has 4 heterocycles. The molecule has 5 unspecified atom stereocenters. The quantitative estimate of drug-likeness (QED) is 0.495. The molecule has 38 heavy (non-hydrogen) atoms. The molecule has 4 aliphatic rings. The molecule has 0 amide bonds. The van der Waals surface area contributed by atoms with Gasteiger partial charge in [0.25, 0.3) is 0 Å². The molecule has 5 atom stereocenters. The Morgan fingerprint density at radius 2 is 1.74 bits per heavy atom. The fourth-order valence-electron chi connectivity index (χ4n) is 5.73. The van der Waals surface area contributed by atoms with Crippen LogP contribution >= 0.6 is 0 Å². The summed E-state index contributed by atoms with van der Waals surface area (Å²) in [6.07, 6.45) is -4.62. The number of rotatable bonds is 4. The van der Waals surface area contributed by atoms with Crippen molar-refractivity contribution in [3.8, 4) is 28.4 Å². The zero-order valence-electron chi connectivity index (χ0n) is 20.7. The number of esters is 1. The van der Waals surface area contributed by atoms with E-state index in [1.165, 1.54) is 0 Å². The van der Waals surface area contributed by atoms with E-state index in [9.17, 15) is 15.0 Å². The van der Waals surface area contributed by atoms with E-state index in [0.29, 0.717) is 39.3 Å². The lowest BCUT2D eigenvalue weighted by atomic mass is 9.89. The minimum Gasteiger partial charge on any atom is -0.461 e. The van der Waals surface area contributed by atoms with Crippen molar-refractivity contribution in [2.75, 3.05) is 13.4 Å². The average molecular weight is 523 g/mol. The summed E-state index contributed by atoms with van der Waals surface area (Å²) in [6.45, 7) is 3.26. The van der Waals surface area contributed by atoms with Crippen molar-refractivity contribution in [3.63, 3.8) is 0 Å². The molecule has 198 valence electrons. The first-order valence-electron chi connectivity index (χ1n) is 12.5. The number of aliphatic hydroxyl groups excluding tert-OH is 2. The molecule has 3 aromatic rings. The lowest BCUT2D eigenvalue weighted by Gasteiger charge is -2.39. The Labute approximate surface area is 217 Å².